The van der Waals surface area contributed by atoms with E-state index in [1.165, 1.54) is 11.3 Å². The van der Waals surface area contributed by atoms with Crippen LogP contribution in [0.3, 0.4) is 0 Å². The smallest absolute Gasteiger partial charge is 0.194 e. The number of hydrogen-bond acceptors (Lipinski definition) is 3. The number of nitrogens with one attached hydrogen (secondary N) is 1. The standard InChI is InChI=1S/C13H13F3N2S/c1-7-18-9(6-19-7)5-12(17-2)8-3-10(14)13(16)11(15)4-8/h3-4,6,12,17H,5H2,1-2H3. The van der Waals surface area contributed by atoms with Crippen molar-refractivity contribution in [1.29, 1.82) is 0 Å². The number of aryl methyl sites for hydroxylation is 1. The normalized spacial score (nSPS) is 12.7. The first-order valence-corrected chi connectivity index (χ1v) is 6.62. The number of aromatic nitrogens is 1. The Morgan fingerprint density at radius 1 is 1.26 bits per heavy atom. The lowest BCUT2D eigenvalue weighted by molar-refractivity contribution is 0.441. The molecule has 6 heteroatoms. The molecule has 2 nitrogen and oxygen atoms in total. The van der Waals surface area contributed by atoms with E-state index < -0.39 is 17.5 Å². The number of halogens is 3. The minimum atomic E-state index is -1.44. The van der Waals surface area contributed by atoms with Gasteiger partial charge in [0.1, 0.15) is 0 Å². The topological polar surface area (TPSA) is 24.9 Å². The van der Waals surface area contributed by atoms with E-state index in [-0.39, 0.29) is 6.04 Å². The van der Waals surface area contributed by atoms with Gasteiger partial charge in [-0.2, -0.15) is 0 Å². The van der Waals surface area contributed by atoms with Crippen molar-refractivity contribution in [2.45, 2.75) is 19.4 Å². The number of hydrogen-bond donors (Lipinski definition) is 1. The SMILES string of the molecule is CNC(Cc1csc(C)n1)c1cc(F)c(F)c(F)c1. The largest absolute Gasteiger partial charge is 0.313 e. The summed E-state index contributed by atoms with van der Waals surface area (Å²) in [4.78, 5) is 4.30. The van der Waals surface area contributed by atoms with Crippen LogP contribution in [0.5, 0.6) is 0 Å². The molecule has 1 heterocycles. The second-order valence-electron chi connectivity index (χ2n) is 4.20. The van der Waals surface area contributed by atoms with Gasteiger partial charge in [0.25, 0.3) is 0 Å². The lowest BCUT2D eigenvalue weighted by Crippen LogP contribution is -2.19. The summed E-state index contributed by atoms with van der Waals surface area (Å²) in [5, 5.41) is 5.79. The molecule has 1 atom stereocenters. The highest BCUT2D eigenvalue weighted by molar-refractivity contribution is 7.09. The van der Waals surface area contributed by atoms with Crippen LogP contribution >= 0.6 is 11.3 Å². The summed E-state index contributed by atoms with van der Waals surface area (Å²) in [5.74, 6) is -3.79. The van der Waals surface area contributed by atoms with Gasteiger partial charge in [-0.05, 0) is 31.7 Å². The first kappa shape index (κ1) is 14.0. The van der Waals surface area contributed by atoms with Crippen molar-refractivity contribution in [3.63, 3.8) is 0 Å². The zero-order valence-electron chi connectivity index (χ0n) is 10.5. The monoisotopic (exact) mass is 286 g/mol. The highest BCUT2D eigenvalue weighted by Gasteiger charge is 2.17. The second-order valence-corrected chi connectivity index (χ2v) is 5.26. The van der Waals surface area contributed by atoms with Crippen LogP contribution in [0, 0.1) is 24.4 Å². The summed E-state index contributed by atoms with van der Waals surface area (Å²) in [5.41, 5.74) is 1.21. The lowest BCUT2D eigenvalue weighted by atomic mass is 10.0. The molecule has 0 aliphatic carbocycles. The maximum atomic E-state index is 13.2. The summed E-state index contributed by atoms with van der Waals surface area (Å²) < 4.78 is 39.4. The average molecular weight is 286 g/mol. The average Bonchev–Trinajstić information content (AvgIpc) is 2.78. The van der Waals surface area contributed by atoms with Crippen molar-refractivity contribution in [2.24, 2.45) is 0 Å². The Labute approximate surface area is 113 Å². The van der Waals surface area contributed by atoms with Gasteiger partial charge in [0.15, 0.2) is 17.5 Å². The highest BCUT2D eigenvalue weighted by Crippen LogP contribution is 2.23. The molecule has 1 N–H and O–H groups in total. The molecule has 0 radical (unpaired) electrons. The quantitative estimate of drug-likeness (QED) is 0.872. The minimum absolute atomic E-state index is 0.314. The van der Waals surface area contributed by atoms with Crippen LogP contribution in [0.25, 0.3) is 0 Å². The maximum absolute atomic E-state index is 13.2. The lowest BCUT2D eigenvalue weighted by Gasteiger charge is -2.16. The van der Waals surface area contributed by atoms with E-state index >= 15 is 0 Å². The molecule has 1 aromatic heterocycles. The summed E-state index contributed by atoms with van der Waals surface area (Å²) in [6.07, 6.45) is 0.491. The van der Waals surface area contributed by atoms with Gasteiger partial charge < -0.3 is 5.32 Å². The molecule has 102 valence electrons. The van der Waals surface area contributed by atoms with Crippen molar-refractivity contribution in [1.82, 2.24) is 10.3 Å². The zero-order chi connectivity index (χ0) is 14.0. The van der Waals surface area contributed by atoms with Crippen molar-refractivity contribution in [3.8, 4) is 0 Å². The molecule has 0 saturated carbocycles. The maximum Gasteiger partial charge on any atom is 0.194 e. The van der Waals surface area contributed by atoms with Crippen LogP contribution in [-0.2, 0) is 6.42 Å². The van der Waals surface area contributed by atoms with Gasteiger partial charge in [-0.25, -0.2) is 18.2 Å². The van der Waals surface area contributed by atoms with E-state index in [0.29, 0.717) is 12.0 Å². The molecule has 0 fully saturated rings. The summed E-state index contributed by atoms with van der Waals surface area (Å²) in [6.45, 7) is 1.89. The number of likely N-dealkylation sites (N-methyl/N-ethyl adjacent to an activating group) is 1. The molecule has 2 aromatic rings. The Bertz CT molecular complexity index is 560. The van der Waals surface area contributed by atoms with Gasteiger partial charge in [0.05, 0.1) is 10.7 Å². The Hall–Kier alpha value is -1.40. The van der Waals surface area contributed by atoms with Gasteiger partial charge in [0.2, 0.25) is 0 Å². The van der Waals surface area contributed by atoms with Gasteiger partial charge in [-0.1, -0.05) is 0 Å². The molecular weight excluding hydrogens is 273 g/mol. The van der Waals surface area contributed by atoms with Crippen LogP contribution in [-0.4, -0.2) is 12.0 Å². The fourth-order valence-electron chi connectivity index (χ4n) is 1.87. The number of benzene rings is 1. The van der Waals surface area contributed by atoms with Crippen LogP contribution < -0.4 is 5.32 Å². The van der Waals surface area contributed by atoms with Crippen molar-refractivity contribution < 1.29 is 13.2 Å². The molecule has 2 rings (SSSR count). The molecule has 0 aliphatic heterocycles. The van der Waals surface area contributed by atoms with Crippen LogP contribution in [0.15, 0.2) is 17.5 Å². The molecule has 0 bridgehead atoms. The predicted molar refractivity (Wildman–Crippen MR) is 68.7 cm³/mol. The molecule has 0 amide bonds. The summed E-state index contributed by atoms with van der Waals surface area (Å²) in [6, 6.07) is 1.71. The first-order chi connectivity index (χ1) is 9.01. The first-order valence-electron chi connectivity index (χ1n) is 5.74. The van der Waals surface area contributed by atoms with Crippen LogP contribution in [0.2, 0.25) is 0 Å². The van der Waals surface area contributed by atoms with Crippen molar-refractivity contribution in [3.05, 3.63) is 51.2 Å². The molecule has 1 aromatic carbocycles. The highest BCUT2D eigenvalue weighted by atomic mass is 32.1. The minimum Gasteiger partial charge on any atom is -0.313 e. The molecule has 19 heavy (non-hydrogen) atoms. The summed E-state index contributed by atoms with van der Waals surface area (Å²) >= 11 is 1.51. The van der Waals surface area contributed by atoms with E-state index in [2.05, 4.69) is 10.3 Å². The summed E-state index contributed by atoms with van der Waals surface area (Å²) in [7, 11) is 1.68. The van der Waals surface area contributed by atoms with Crippen molar-refractivity contribution >= 4 is 11.3 Å². The van der Waals surface area contributed by atoms with E-state index in [1.54, 1.807) is 7.05 Å². The van der Waals surface area contributed by atoms with Crippen LogP contribution in [0.4, 0.5) is 13.2 Å². The Balaban J connectivity index is 2.27. The molecular formula is C13H13F3N2S. The van der Waals surface area contributed by atoms with E-state index in [0.717, 1.165) is 22.8 Å². The number of nitrogens with zero attached hydrogens (tertiary/aromatic N) is 1. The predicted octanol–water partition coefficient (Wildman–Crippen LogP) is 3.37. The van der Waals surface area contributed by atoms with Crippen molar-refractivity contribution in [2.75, 3.05) is 7.05 Å². The van der Waals surface area contributed by atoms with Gasteiger partial charge in [0, 0.05) is 17.8 Å². The number of rotatable bonds is 4. The third-order valence-electron chi connectivity index (χ3n) is 2.84. The van der Waals surface area contributed by atoms with E-state index in [9.17, 15) is 13.2 Å². The molecule has 0 spiro atoms. The van der Waals surface area contributed by atoms with E-state index in [1.807, 2.05) is 12.3 Å². The van der Waals surface area contributed by atoms with Crippen LogP contribution in [0.1, 0.15) is 22.3 Å². The number of thiazole rings is 1. The van der Waals surface area contributed by atoms with E-state index in [4.69, 9.17) is 0 Å². The Kier molecular flexibility index (Phi) is 4.21. The Morgan fingerprint density at radius 2 is 1.89 bits per heavy atom. The fourth-order valence-corrected chi connectivity index (χ4v) is 2.50. The van der Waals surface area contributed by atoms with Gasteiger partial charge >= 0.3 is 0 Å². The third kappa shape index (κ3) is 3.13. The second kappa shape index (κ2) is 5.71. The molecule has 0 saturated heterocycles. The van der Waals surface area contributed by atoms with Gasteiger partial charge in [-0.15, -0.1) is 11.3 Å². The third-order valence-corrected chi connectivity index (χ3v) is 3.66. The fraction of sp³-hybridized carbons (Fsp3) is 0.308. The van der Waals surface area contributed by atoms with Gasteiger partial charge in [-0.3, -0.25) is 0 Å². The Morgan fingerprint density at radius 3 is 2.37 bits per heavy atom. The molecule has 0 aliphatic rings. The molecule has 1 unspecified atom stereocenters. The zero-order valence-corrected chi connectivity index (χ0v) is 11.3.